The first-order valence-corrected chi connectivity index (χ1v) is 14.9. The molecule has 2 aliphatic rings. The lowest BCUT2D eigenvalue weighted by Crippen LogP contribution is -2.42. The van der Waals surface area contributed by atoms with Crippen molar-refractivity contribution < 1.29 is 23.5 Å². The van der Waals surface area contributed by atoms with Gasteiger partial charge in [-0.3, -0.25) is 9.59 Å². The number of esters is 1. The Balaban J connectivity index is 1.45. The van der Waals surface area contributed by atoms with E-state index in [0.29, 0.717) is 23.5 Å². The number of hydrogen-bond acceptors (Lipinski definition) is 9. The molecule has 1 saturated heterocycles. The minimum atomic E-state index is -1.08. The molecule has 42 heavy (non-hydrogen) atoms. The Morgan fingerprint density at radius 2 is 2.00 bits per heavy atom. The van der Waals surface area contributed by atoms with Crippen LogP contribution in [0, 0.1) is 11.2 Å². The summed E-state index contributed by atoms with van der Waals surface area (Å²) in [6.45, 7) is 8.22. The molecule has 1 unspecified atom stereocenters. The van der Waals surface area contributed by atoms with Crippen molar-refractivity contribution >= 4 is 46.1 Å². The fourth-order valence-corrected chi connectivity index (χ4v) is 5.22. The molecule has 0 radical (unpaired) electrons. The molecule has 2 aliphatic heterocycles. The van der Waals surface area contributed by atoms with E-state index < -0.39 is 28.0 Å². The molecule has 4 rings (SSSR count). The summed E-state index contributed by atoms with van der Waals surface area (Å²) in [5, 5.41) is 5.72. The number of anilines is 2. The number of carbonyl (C=O) groups is 2. The molecule has 1 amide bonds. The number of carbonyl (C=O) groups excluding carboxylic acids is 2. The van der Waals surface area contributed by atoms with Gasteiger partial charge in [-0.2, -0.15) is 0 Å². The van der Waals surface area contributed by atoms with E-state index in [1.807, 2.05) is 23.2 Å². The van der Waals surface area contributed by atoms with Crippen LogP contribution in [-0.2, 0) is 26.4 Å². The average Bonchev–Trinajstić information content (AvgIpc) is 3.42. The summed E-state index contributed by atoms with van der Waals surface area (Å²) in [6, 6.07) is 9.64. The van der Waals surface area contributed by atoms with Gasteiger partial charge in [0.1, 0.15) is 18.7 Å². The number of nitrogens with one attached hydrogen (secondary N) is 3. The highest BCUT2D eigenvalue weighted by Crippen LogP contribution is 2.32. The second-order valence-corrected chi connectivity index (χ2v) is 12.7. The van der Waals surface area contributed by atoms with Crippen LogP contribution >= 0.6 is 23.5 Å². The predicted molar refractivity (Wildman–Crippen MR) is 164 cm³/mol. The first-order chi connectivity index (χ1) is 19.9. The van der Waals surface area contributed by atoms with Crippen LogP contribution in [-0.4, -0.2) is 29.3 Å². The Labute approximate surface area is 255 Å². The van der Waals surface area contributed by atoms with Crippen molar-refractivity contribution in [1.82, 2.24) is 14.9 Å². The van der Waals surface area contributed by atoms with Crippen LogP contribution in [0.2, 0.25) is 5.02 Å². The van der Waals surface area contributed by atoms with Gasteiger partial charge in [-0.1, -0.05) is 29.8 Å². The summed E-state index contributed by atoms with van der Waals surface area (Å²) in [5.41, 5.74) is 7.98. The summed E-state index contributed by atoms with van der Waals surface area (Å²) < 4.78 is 28.3. The van der Waals surface area contributed by atoms with Gasteiger partial charge in [0.05, 0.1) is 39.6 Å². The Morgan fingerprint density at radius 1 is 1.21 bits per heavy atom. The lowest BCUT2D eigenvalue weighted by atomic mass is 9.93. The number of ether oxygens (including phenoxy) is 2. The summed E-state index contributed by atoms with van der Waals surface area (Å²) in [6.07, 6.45) is 6.65. The Bertz CT molecular complexity index is 1390. The molecular weight excluding hydrogens is 581 g/mol. The molecule has 5 N–H and O–H groups in total. The van der Waals surface area contributed by atoms with Gasteiger partial charge in [-0.15, -0.1) is 0 Å². The molecule has 1 fully saturated rings. The Kier molecular flexibility index (Phi) is 9.96. The molecule has 2 aromatic rings. The van der Waals surface area contributed by atoms with Crippen LogP contribution in [0.1, 0.15) is 58.1 Å². The summed E-state index contributed by atoms with van der Waals surface area (Å²) in [5.74, 6) is -0.237. The van der Waals surface area contributed by atoms with Gasteiger partial charge < -0.3 is 30.7 Å². The van der Waals surface area contributed by atoms with Gasteiger partial charge in [-0.25, -0.2) is 9.11 Å². The van der Waals surface area contributed by atoms with E-state index in [1.165, 1.54) is 18.2 Å². The van der Waals surface area contributed by atoms with Crippen molar-refractivity contribution in [3.63, 3.8) is 0 Å². The number of rotatable bonds is 8. The maximum absolute atomic E-state index is 13.9. The summed E-state index contributed by atoms with van der Waals surface area (Å²) >= 11 is 6.81. The molecule has 0 saturated carbocycles. The van der Waals surface area contributed by atoms with Gasteiger partial charge in [0.2, 0.25) is 5.88 Å². The summed E-state index contributed by atoms with van der Waals surface area (Å²) in [4.78, 5) is 27.5. The molecule has 9 nitrogen and oxygen atoms in total. The van der Waals surface area contributed by atoms with Gasteiger partial charge in [0.15, 0.2) is 0 Å². The third kappa shape index (κ3) is 7.70. The van der Waals surface area contributed by atoms with E-state index in [1.54, 1.807) is 40.0 Å². The molecular formula is C30H37ClFN5O4S. The van der Waals surface area contributed by atoms with E-state index in [4.69, 9.17) is 26.8 Å². The molecule has 2 aromatic carbocycles. The van der Waals surface area contributed by atoms with Crippen LogP contribution < -0.4 is 21.1 Å². The Morgan fingerprint density at radius 3 is 2.69 bits per heavy atom. The number of allylic oxidation sites excluding steroid dienone is 1. The number of hydrogen-bond donors (Lipinski definition) is 4. The molecule has 0 aromatic heterocycles. The molecule has 2 heterocycles. The van der Waals surface area contributed by atoms with Gasteiger partial charge in [0, 0.05) is 24.7 Å². The zero-order valence-corrected chi connectivity index (χ0v) is 25.8. The highest BCUT2D eigenvalue weighted by molar-refractivity contribution is 8.12. The number of benzene rings is 2. The molecule has 226 valence electrons. The highest BCUT2D eigenvalue weighted by atomic mass is 35.5. The first kappa shape index (κ1) is 31.5. The maximum atomic E-state index is 13.9. The number of piperidine rings is 1. The maximum Gasteiger partial charge on any atom is 0.311 e. The summed E-state index contributed by atoms with van der Waals surface area (Å²) in [7, 11) is 0. The normalized spacial score (nSPS) is 18.2. The second kappa shape index (κ2) is 13.3. The zero-order valence-electron chi connectivity index (χ0n) is 24.2. The van der Waals surface area contributed by atoms with Crippen molar-refractivity contribution in [1.29, 1.82) is 0 Å². The molecule has 0 spiro atoms. The number of nitrogens with zero attached hydrogens (tertiary/aromatic N) is 1. The molecule has 12 heteroatoms. The molecule has 1 atom stereocenters. The number of para-hydroxylation sites is 1. The van der Waals surface area contributed by atoms with Crippen LogP contribution in [0.25, 0.3) is 0 Å². The lowest BCUT2D eigenvalue weighted by Gasteiger charge is -2.31. The third-order valence-electron chi connectivity index (χ3n) is 6.94. The Hall–Kier alpha value is -3.41. The SMILES string of the molecule is CC(C)(C)C(=O)OCC(C)(NSC(=O)Nc1cccc(CN2C=CO/C2=C2/CCCCN2)c1N)c1ccc(F)c(Cl)c1. The largest absolute Gasteiger partial charge is 0.463 e. The number of nitrogens with two attached hydrogens (primary N) is 1. The standard InChI is InChI=1S/C30H37ClFN5O4S/c1-29(2,3)27(38)41-18-30(4,20-11-12-22(32)21(31)16-20)36-42-28(39)35-23-10-7-8-19(25(23)33)17-37-14-15-40-26(37)24-9-5-6-13-34-24/h7-8,10-12,14-16,34,36H,5-6,9,13,17-18,33H2,1-4H3,(H,35,39)/b26-24-. The zero-order chi connectivity index (χ0) is 30.5. The van der Waals surface area contributed by atoms with Gasteiger partial charge in [-0.05, 0) is 76.3 Å². The van der Waals surface area contributed by atoms with E-state index in [2.05, 4.69) is 15.4 Å². The topological polar surface area (TPSA) is 118 Å². The fourth-order valence-electron chi connectivity index (χ4n) is 4.39. The third-order valence-corrected chi connectivity index (χ3v) is 8.07. The van der Waals surface area contributed by atoms with Crippen LogP contribution in [0.5, 0.6) is 0 Å². The van der Waals surface area contributed by atoms with Crippen molar-refractivity contribution in [2.75, 3.05) is 24.2 Å². The van der Waals surface area contributed by atoms with E-state index >= 15 is 0 Å². The minimum Gasteiger partial charge on any atom is -0.463 e. The van der Waals surface area contributed by atoms with Crippen molar-refractivity contribution in [2.45, 2.75) is 59.0 Å². The number of halogens is 2. The predicted octanol–water partition coefficient (Wildman–Crippen LogP) is 6.58. The van der Waals surface area contributed by atoms with Gasteiger partial charge >= 0.3 is 5.97 Å². The second-order valence-electron chi connectivity index (χ2n) is 11.5. The number of nitrogen functional groups attached to an aromatic ring is 1. The molecule has 0 bridgehead atoms. The van der Waals surface area contributed by atoms with E-state index in [-0.39, 0.29) is 11.6 Å². The number of amides is 1. The van der Waals surface area contributed by atoms with Crippen molar-refractivity contribution in [3.8, 4) is 0 Å². The molecule has 0 aliphatic carbocycles. The quantitative estimate of drug-likeness (QED) is 0.148. The van der Waals surface area contributed by atoms with E-state index in [0.717, 1.165) is 54.9 Å². The monoisotopic (exact) mass is 617 g/mol. The smallest absolute Gasteiger partial charge is 0.311 e. The van der Waals surface area contributed by atoms with Crippen LogP contribution in [0.4, 0.5) is 20.6 Å². The average molecular weight is 618 g/mol. The van der Waals surface area contributed by atoms with E-state index in [9.17, 15) is 14.0 Å². The fraction of sp³-hybridized carbons (Fsp3) is 0.400. The lowest BCUT2D eigenvalue weighted by molar-refractivity contribution is -0.155. The first-order valence-electron chi connectivity index (χ1n) is 13.7. The van der Waals surface area contributed by atoms with Gasteiger partial charge in [0.25, 0.3) is 5.24 Å². The van der Waals surface area contributed by atoms with Crippen LogP contribution in [0.3, 0.4) is 0 Å². The van der Waals surface area contributed by atoms with Crippen molar-refractivity contribution in [2.24, 2.45) is 5.41 Å². The highest BCUT2D eigenvalue weighted by Gasteiger charge is 2.33. The van der Waals surface area contributed by atoms with Crippen LogP contribution in [0.15, 0.2) is 60.4 Å². The van der Waals surface area contributed by atoms with Crippen molar-refractivity contribution in [3.05, 3.63) is 82.4 Å². The minimum absolute atomic E-state index is 0.0852.